The van der Waals surface area contributed by atoms with Gasteiger partial charge < -0.3 is 14.0 Å². The Morgan fingerprint density at radius 2 is 1.88 bits per heavy atom. The number of thioether (sulfide) groups is 2. The van der Waals surface area contributed by atoms with Crippen LogP contribution in [0.15, 0.2) is 55.8 Å². The van der Waals surface area contributed by atoms with Gasteiger partial charge >= 0.3 is 0 Å². The summed E-state index contributed by atoms with van der Waals surface area (Å²) in [5.74, 6) is 2.61. The van der Waals surface area contributed by atoms with Crippen molar-refractivity contribution in [1.29, 1.82) is 0 Å². The normalized spacial score (nSPS) is 12.5. The van der Waals surface area contributed by atoms with Crippen molar-refractivity contribution in [3.05, 3.63) is 52.6 Å². The summed E-state index contributed by atoms with van der Waals surface area (Å²) in [5.41, 5.74) is 1.39. The maximum Gasteiger partial charge on any atom is 0.262 e. The van der Waals surface area contributed by atoms with Crippen molar-refractivity contribution in [3.8, 4) is 22.9 Å². The highest BCUT2D eigenvalue weighted by Crippen LogP contribution is 2.35. The van der Waals surface area contributed by atoms with E-state index in [9.17, 15) is 4.79 Å². The number of ether oxygens (including phenoxy) is 2. The van der Waals surface area contributed by atoms with E-state index in [0.29, 0.717) is 51.6 Å². The molecular formula is C23H22N4O4S2. The predicted molar refractivity (Wildman–Crippen MR) is 128 cm³/mol. The van der Waals surface area contributed by atoms with Gasteiger partial charge in [-0.1, -0.05) is 30.3 Å². The standard InChI is InChI=1S/C23H22N4O4S2/c1-3-4-9-27-22(28)16-10-18-19(30-13-29-18)11-17(16)24-23(27)33-12-20-25-21(26-31-20)14-5-7-15(32-2)8-6-14/h5-8,10-11H,3-4,9,12-13H2,1-2H3. The molecule has 5 rings (SSSR count). The third-order valence-corrected chi connectivity index (χ3v) is 6.99. The second-order valence-corrected chi connectivity index (χ2v) is 9.28. The van der Waals surface area contributed by atoms with Crippen molar-refractivity contribution in [2.24, 2.45) is 0 Å². The van der Waals surface area contributed by atoms with E-state index in [1.165, 1.54) is 16.7 Å². The summed E-state index contributed by atoms with van der Waals surface area (Å²) < 4.78 is 18.1. The van der Waals surface area contributed by atoms with Crippen LogP contribution in [0.5, 0.6) is 11.5 Å². The number of fused-ring (bicyclic) bond motifs is 2. The SMILES string of the molecule is CCCCn1c(SCc2nc(-c3ccc(SC)cc3)no2)nc2cc3c(cc2c1=O)OCO3. The second-order valence-electron chi connectivity index (χ2n) is 7.46. The number of unbranched alkanes of at least 4 members (excludes halogenated alkanes) is 1. The number of benzene rings is 2. The number of hydrogen-bond donors (Lipinski definition) is 0. The van der Waals surface area contributed by atoms with E-state index in [1.807, 2.05) is 30.5 Å². The molecule has 0 fully saturated rings. The number of hydrogen-bond acceptors (Lipinski definition) is 9. The van der Waals surface area contributed by atoms with Crippen LogP contribution >= 0.6 is 23.5 Å². The lowest BCUT2D eigenvalue weighted by Crippen LogP contribution is -2.23. The minimum atomic E-state index is -0.0886. The van der Waals surface area contributed by atoms with Gasteiger partial charge in [-0.25, -0.2) is 4.98 Å². The summed E-state index contributed by atoms with van der Waals surface area (Å²) in [7, 11) is 0. The van der Waals surface area contributed by atoms with Crippen molar-refractivity contribution < 1.29 is 14.0 Å². The van der Waals surface area contributed by atoms with Gasteiger partial charge in [-0.05, 0) is 43.0 Å². The fourth-order valence-electron chi connectivity index (χ4n) is 3.51. The summed E-state index contributed by atoms with van der Waals surface area (Å²) in [4.78, 5) is 23.7. The van der Waals surface area contributed by atoms with Gasteiger partial charge in [-0.2, -0.15) is 4.98 Å². The Labute approximate surface area is 198 Å². The molecule has 3 heterocycles. The molecule has 0 bridgehead atoms. The van der Waals surface area contributed by atoms with Crippen LogP contribution < -0.4 is 15.0 Å². The molecule has 0 N–H and O–H groups in total. The lowest BCUT2D eigenvalue weighted by molar-refractivity contribution is 0.174. The van der Waals surface area contributed by atoms with Crippen molar-refractivity contribution in [1.82, 2.24) is 19.7 Å². The fourth-order valence-corrected chi connectivity index (χ4v) is 4.78. The lowest BCUT2D eigenvalue weighted by Gasteiger charge is -2.12. The average Bonchev–Trinajstić information content (AvgIpc) is 3.50. The summed E-state index contributed by atoms with van der Waals surface area (Å²) in [6.45, 7) is 2.83. The van der Waals surface area contributed by atoms with Crippen LogP contribution in [-0.4, -0.2) is 32.7 Å². The number of nitrogens with zero attached hydrogens (tertiary/aromatic N) is 4. The molecule has 4 aromatic rings. The van der Waals surface area contributed by atoms with Gasteiger partial charge in [0.2, 0.25) is 18.5 Å². The zero-order chi connectivity index (χ0) is 22.8. The largest absolute Gasteiger partial charge is 0.454 e. The molecule has 0 atom stereocenters. The Hall–Kier alpha value is -2.98. The first-order chi connectivity index (χ1) is 16.2. The average molecular weight is 483 g/mol. The van der Waals surface area contributed by atoms with Gasteiger partial charge in [0, 0.05) is 23.1 Å². The van der Waals surface area contributed by atoms with Gasteiger partial charge in [0.15, 0.2) is 16.7 Å². The van der Waals surface area contributed by atoms with E-state index in [1.54, 1.807) is 28.5 Å². The third-order valence-electron chi connectivity index (χ3n) is 5.29. The Morgan fingerprint density at radius 1 is 1.09 bits per heavy atom. The fraction of sp³-hybridized carbons (Fsp3) is 0.304. The molecule has 1 aliphatic rings. The van der Waals surface area contributed by atoms with Gasteiger partial charge in [0.25, 0.3) is 5.56 Å². The first-order valence-electron chi connectivity index (χ1n) is 10.6. The molecule has 0 saturated carbocycles. The van der Waals surface area contributed by atoms with E-state index in [-0.39, 0.29) is 12.4 Å². The monoisotopic (exact) mass is 482 g/mol. The Kier molecular flexibility index (Phi) is 6.28. The van der Waals surface area contributed by atoms with Crippen LogP contribution in [0.3, 0.4) is 0 Å². The van der Waals surface area contributed by atoms with Crippen molar-refractivity contribution >= 4 is 34.4 Å². The Morgan fingerprint density at radius 3 is 2.64 bits per heavy atom. The zero-order valence-corrected chi connectivity index (χ0v) is 19.9. The first kappa shape index (κ1) is 21.8. The predicted octanol–water partition coefficient (Wildman–Crippen LogP) is 4.99. The minimum Gasteiger partial charge on any atom is -0.454 e. The van der Waals surface area contributed by atoms with Crippen molar-refractivity contribution in [3.63, 3.8) is 0 Å². The smallest absolute Gasteiger partial charge is 0.262 e. The lowest BCUT2D eigenvalue weighted by atomic mass is 10.2. The molecule has 0 amide bonds. The summed E-state index contributed by atoms with van der Waals surface area (Å²) >= 11 is 3.09. The van der Waals surface area contributed by atoms with Gasteiger partial charge in [-0.15, -0.1) is 11.8 Å². The van der Waals surface area contributed by atoms with E-state index in [2.05, 4.69) is 17.1 Å². The van der Waals surface area contributed by atoms with E-state index in [0.717, 1.165) is 18.4 Å². The molecule has 170 valence electrons. The molecule has 2 aromatic heterocycles. The third kappa shape index (κ3) is 4.45. The molecule has 8 nitrogen and oxygen atoms in total. The van der Waals surface area contributed by atoms with Crippen molar-refractivity contribution in [2.45, 2.75) is 42.1 Å². The second kappa shape index (κ2) is 9.48. The van der Waals surface area contributed by atoms with E-state index >= 15 is 0 Å². The van der Waals surface area contributed by atoms with Crippen LogP contribution in [0.2, 0.25) is 0 Å². The van der Waals surface area contributed by atoms with Gasteiger partial charge in [-0.3, -0.25) is 9.36 Å². The molecule has 10 heteroatoms. The Bertz CT molecular complexity index is 1350. The molecular weight excluding hydrogens is 460 g/mol. The van der Waals surface area contributed by atoms with Crippen LogP contribution in [0.25, 0.3) is 22.3 Å². The molecule has 0 radical (unpaired) electrons. The van der Waals surface area contributed by atoms with Crippen LogP contribution in [0.4, 0.5) is 0 Å². The topological polar surface area (TPSA) is 92.3 Å². The molecule has 0 aliphatic carbocycles. The quantitative estimate of drug-likeness (QED) is 0.254. The Balaban J connectivity index is 1.42. The molecule has 2 aromatic carbocycles. The van der Waals surface area contributed by atoms with E-state index in [4.69, 9.17) is 19.0 Å². The van der Waals surface area contributed by atoms with Gasteiger partial charge in [0.05, 0.1) is 16.7 Å². The summed E-state index contributed by atoms with van der Waals surface area (Å²) in [6.07, 6.45) is 3.88. The van der Waals surface area contributed by atoms with Crippen LogP contribution in [-0.2, 0) is 12.3 Å². The number of rotatable bonds is 8. The molecule has 1 aliphatic heterocycles. The zero-order valence-electron chi connectivity index (χ0n) is 18.2. The molecule has 0 saturated heterocycles. The first-order valence-corrected chi connectivity index (χ1v) is 12.8. The maximum absolute atomic E-state index is 13.3. The minimum absolute atomic E-state index is 0.0886. The van der Waals surface area contributed by atoms with Crippen molar-refractivity contribution in [2.75, 3.05) is 13.0 Å². The molecule has 33 heavy (non-hydrogen) atoms. The molecule has 0 unspecified atom stereocenters. The highest BCUT2D eigenvalue weighted by molar-refractivity contribution is 7.98. The number of aromatic nitrogens is 4. The summed E-state index contributed by atoms with van der Waals surface area (Å²) in [6, 6.07) is 11.5. The highest BCUT2D eigenvalue weighted by Gasteiger charge is 2.20. The summed E-state index contributed by atoms with van der Waals surface area (Å²) in [5, 5.41) is 5.24. The van der Waals surface area contributed by atoms with E-state index < -0.39 is 0 Å². The van der Waals surface area contributed by atoms with Crippen LogP contribution in [0, 0.1) is 0 Å². The molecule has 0 spiro atoms. The van der Waals surface area contributed by atoms with Gasteiger partial charge in [0.1, 0.15) is 0 Å². The van der Waals surface area contributed by atoms with Crippen LogP contribution in [0.1, 0.15) is 25.7 Å². The maximum atomic E-state index is 13.3. The highest BCUT2D eigenvalue weighted by atomic mass is 32.2.